The van der Waals surface area contributed by atoms with Crippen LogP contribution in [0.5, 0.6) is 0 Å². The molecule has 8 nitrogen and oxygen atoms in total. The van der Waals surface area contributed by atoms with Crippen molar-refractivity contribution in [2.45, 2.75) is 14.9 Å². The Bertz CT molecular complexity index is 6150. The Morgan fingerprint density at radius 3 is 0.701 bits per heavy atom. The normalized spacial score (nSPS) is 11.5. The van der Waals surface area contributed by atoms with Crippen LogP contribution in [0.25, 0.3) is 187 Å². The Kier molecular flexibility index (Phi) is 15.4. The minimum atomic E-state index is -1.53. The van der Waals surface area contributed by atoms with Gasteiger partial charge in [-0.05, 0) is 188 Å². The maximum absolute atomic E-state index is 9.61. The third-order valence-corrected chi connectivity index (χ3v) is 19.1. The maximum Gasteiger partial charge on any atom is 0.488 e. The van der Waals surface area contributed by atoms with E-state index in [9.17, 15) is 10.0 Å². The molecule has 466 valence electrons. The second-order valence-electron chi connectivity index (χ2n) is 23.9. The summed E-state index contributed by atoms with van der Waals surface area (Å²) in [7, 11) is -1.53. The van der Waals surface area contributed by atoms with Gasteiger partial charge in [-0.3, -0.25) is 0 Å². The Morgan fingerprint density at radius 1 is 0.206 bits per heavy atom. The molecule has 0 bridgehead atoms. The highest BCUT2D eigenvalue weighted by Crippen LogP contribution is 2.46. The third kappa shape index (κ3) is 10.6. The standard InChI is InChI=1S/C54H30O4.C24H15BO4.C6H4Br2.2CH4/c1-3-8-31(9-4-1)35-14-18-43-39(27-35)51-47(55-43)22-24-49-53(51)41-29-37(16-20-45(41)57-49)33-12-7-13-34(26-33)38-17-21-46-42(30-38)54-50(58-46)25-23-48-52(54)40-28-36(15-19-44(40)56-48)32-10-5-2-6-11-32;26-25(27)16-7-9-20-18(13-16)24-22(29-20)11-10-21-23(24)17-12-15(6-8-19(17)28-21)14-4-2-1-3-5-14;7-5-2-1-3-6(8)4-5;;/h1-30H;1-13,26-27H;1-4H;2*1H4. The summed E-state index contributed by atoms with van der Waals surface area (Å²) in [6, 6.07) is 97.1. The van der Waals surface area contributed by atoms with Crippen LogP contribution < -0.4 is 5.46 Å². The first-order valence-corrected chi connectivity index (χ1v) is 32.8. The van der Waals surface area contributed by atoms with Gasteiger partial charge in [0, 0.05) is 73.6 Å². The summed E-state index contributed by atoms with van der Waals surface area (Å²) in [6.07, 6.45) is 0. The smallest absolute Gasteiger partial charge is 0.456 e. The van der Waals surface area contributed by atoms with Gasteiger partial charge < -0.3 is 36.6 Å². The first-order chi connectivity index (χ1) is 46.7. The fourth-order valence-corrected chi connectivity index (χ4v) is 14.8. The Hall–Kier alpha value is -11.2. The number of hydrogen-bond acceptors (Lipinski definition) is 8. The van der Waals surface area contributed by atoms with Gasteiger partial charge in [0.15, 0.2) is 0 Å². The van der Waals surface area contributed by atoms with Crippen LogP contribution in [0.1, 0.15) is 14.9 Å². The van der Waals surface area contributed by atoms with Crippen LogP contribution in [0.4, 0.5) is 0 Å². The highest BCUT2D eigenvalue weighted by molar-refractivity contribution is 9.11. The molecule has 0 aliphatic heterocycles. The van der Waals surface area contributed by atoms with E-state index in [0.29, 0.717) is 11.0 Å². The molecular weight excluding hydrogens is 1330 g/mol. The van der Waals surface area contributed by atoms with E-state index in [1.54, 1.807) is 18.2 Å². The molecule has 20 rings (SSSR count). The van der Waals surface area contributed by atoms with Gasteiger partial charge in [-0.2, -0.15) is 0 Å². The zero-order valence-corrected chi connectivity index (χ0v) is 53.5. The molecule has 20 aromatic rings. The Morgan fingerprint density at radius 2 is 0.433 bits per heavy atom. The summed E-state index contributed by atoms with van der Waals surface area (Å²) >= 11 is 6.66. The van der Waals surface area contributed by atoms with Crippen molar-refractivity contribution in [1.82, 2.24) is 0 Å². The summed E-state index contributed by atoms with van der Waals surface area (Å²) in [5.74, 6) is 0. The molecule has 0 fully saturated rings. The van der Waals surface area contributed by atoms with Crippen molar-refractivity contribution in [3.8, 4) is 55.6 Å². The van der Waals surface area contributed by atoms with Crippen LogP contribution >= 0.6 is 31.9 Å². The first-order valence-electron chi connectivity index (χ1n) is 31.2. The van der Waals surface area contributed by atoms with Crippen molar-refractivity contribution < 1.29 is 36.6 Å². The largest absolute Gasteiger partial charge is 0.488 e. The van der Waals surface area contributed by atoms with Crippen molar-refractivity contribution in [3.63, 3.8) is 0 Å². The van der Waals surface area contributed by atoms with E-state index >= 15 is 0 Å². The molecule has 6 heterocycles. The lowest BCUT2D eigenvalue weighted by Gasteiger charge is -2.07. The summed E-state index contributed by atoms with van der Waals surface area (Å²) in [6.45, 7) is 0. The molecule has 11 heteroatoms. The van der Waals surface area contributed by atoms with Crippen molar-refractivity contribution >= 4 is 176 Å². The minimum Gasteiger partial charge on any atom is -0.456 e. The van der Waals surface area contributed by atoms with Crippen molar-refractivity contribution in [1.29, 1.82) is 0 Å². The lowest BCUT2D eigenvalue weighted by Crippen LogP contribution is -2.29. The average Bonchev–Trinajstić information content (AvgIpc) is 1.60. The topological polar surface area (TPSA) is 119 Å². The Balaban J connectivity index is 0.000000157. The van der Waals surface area contributed by atoms with Gasteiger partial charge in [0.25, 0.3) is 0 Å². The quantitative estimate of drug-likeness (QED) is 0.158. The van der Waals surface area contributed by atoms with Crippen molar-refractivity contribution in [2.75, 3.05) is 0 Å². The van der Waals surface area contributed by atoms with Gasteiger partial charge in [-0.1, -0.05) is 204 Å². The molecule has 0 amide bonds. The summed E-state index contributed by atoms with van der Waals surface area (Å²) in [5, 5.41) is 31.5. The minimum absolute atomic E-state index is 0. The van der Waals surface area contributed by atoms with E-state index in [4.69, 9.17) is 26.5 Å². The van der Waals surface area contributed by atoms with Crippen LogP contribution in [0.15, 0.2) is 321 Å². The predicted octanol–water partition coefficient (Wildman–Crippen LogP) is 25.3. The zero-order chi connectivity index (χ0) is 63.4. The van der Waals surface area contributed by atoms with E-state index in [1.807, 2.05) is 97.1 Å². The zero-order valence-electron chi connectivity index (χ0n) is 50.3. The molecule has 0 spiro atoms. The number of fused-ring (bicyclic) bond motifs is 21. The molecule has 0 saturated heterocycles. The Labute approximate surface area is 573 Å². The second-order valence-corrected chi connectivity index (χ2v) is 25.7. The highest BCUT2D eigenvalue weighted by Gasteiger charge is 2.23. The number of hydrogen-bond donors (Lipinski definition) is 2. The maximum atomic E-state index is 9.61. The van der Waals surface area contributed by atoms with E-state index in [0.717, 1.165) is 180 Å². The van der Waals surface area contributed by atoms with Gasteiger partial charge >= 0.3 is 7.12 Å². The molecule has 6 aromatic heterocycles. The average molecular weight is 1390 g/mol. The SMILES string of the molecule is Brc1cccc(Br)c1.C.C.OB(O)c1ccc2oc3ccc4oc5ccc(-c6ccccc6)cc5c4c3c2c1.c1ccc(-c2ccc3oc4ccc5oc6ccc(-c7cccc(-c8ccc9oc%10ccc%11oc%12ccc(-c%13ccccc%13)cc%12c%11c%10c9c8)c7)cc6c5c4c3c2)cc1. The molecular formula is C86H57BBr2O8. The van der Waals surface area contributed by atoms with Gasteiger partial charge in [0.05, 0.1) is 0 Å². The molecule has 0 atom stereocenters. The van der Waals surface area contributed by atoms with Gasteiger partial charge in [0.2, 0.25) is 0 Å². The highest BCUT2D eigenvalue weighted by atomic mass is 79.9. The molecule has 0 unspecified atom stereocenters. The van der Waals surface area contributed by atoms with Crippen LogP contribution in [0.3, 0.4) is 0 Å². The molecule has 0 saturated carbocycles. The van der Waals surface area contributed by atoms with Gasteiger partial charge in [0.1, 0.15) is 67.0 Å². The summed E-state index contributed by atoms with van der Waals surface area (Å²) in [5.41, 5.74) is 21.6. The lowest BCUT2D eigenvalue weighted by atomic mass is 9.80. The van der Waals surface area contributed by atoms with Crippen LogP contribution in [0, 0.1) is 0 Å². The summed E-state index contributed by atoms with van der Waals surface area (Å²) in [4.78, 5) is 0. The monoisotopic (exact) mass is 1390 g/mol. The fourth-order valence-electron chi connectivity index (χ4n) is 13.7. The van der Waals surface area contributed by atoms with Crippen LogP contribution in [-0.2, 0) is 0 Å². The molecule has 14 aromatic carbocycles. The first kappa shape index (κ1) is 60.7. The predicted molar refractivity (Wildman–Crippen MR) is 409 cm³/mol. The molecule has 2 N–H and O–H groups in total. The number of halogens is 2. The van der Waals surface area contributed by atoms with Crippen molar-refractivity contribution in [3.05, 3.63) is 294 Å². The van der Waals surface area contributed by atoms with Crippen LogP contribution in [0.2, 0.25) is 0 Å². The number of benzene rings is 14. The van der Waals surface area contributed by atoms with Crippen LogP contribution in [-0.4, -0.2) is 17.2 Å². The molecule has 97 heavy (non-hydrogen) atoms. The third-order valence-electron chi connectivity index (χ3n) is 18.2. The van der Waals surface area contributed by atoms with Gasteiger partial charge in [-0.15, -0.1) is 0 Å². The fraction of sp³-hybridized carbons (Fsp3) is 0.0233. The van der Waals surface area contributed by atoms with E-state index < -0.39 is 7.12 Å². The lowest BCUT2D eigenvalue weighted by molar-refractivity contribution is 0.426. The molecule has 0 aliphatic carbocycles. The van der Waals surface area contributed by atoms with E-state index in [1.165, 1.54) is 11.1 Å². The molecule has 0 aliphatic rings. The second kappa shape index (κ2) is 24.5. The van der Waals surface area contributed by atoms with Gasteiger partial charge in [-0.25, -0.2) is 0 Å². The van der Waals surface area contributed by atoms with E-state index in [2.05, 4.69) is 202 Å². The molecule has 0 radical (unpaired) electrons. The number of rotatable bonds is 6. The summed E-state index contributed by atoms with van der Waals surface area (Å²) < 4.78 is 40.1. The van der Waals surface area contributed by atoms with E-state index in [-0.39, 0.29) is 14.9 Å². The number of furan rings is 6. The van der Waals surface area contributed by atoms with Crippen molar-refractivity contribution in [2.24, 2.45) is 0 Å².